The van der Waals surface area contributed by atoms with E-state index in [2.05, 4.69) is 0 Å². The number of benzene rings is 1. The molecule has 5 heteroatoms. The molecular weight excluding hydrogens is 276 g/mol. The maximum atomic E-state index is 12.2. The van der Waals surface area contributed by atoms with Crippen molar-refractivity contribution in [1.29, 1.82) is 0 Å². The summed E-state index contributed by atoms with van der Waals surface area (Å²) < 4.78 is 34.7. The molecule has 0 saturated heterocycles. The minimum atomic E-state index is -3.52. The van der Waals surface area contributed by atoms with Crippen LogP contribution < -0.4 is 8.92 Å². The second-order valence-electron chi connectivity index (χ2n) is 6.11. The van der Waals surface area contributed by atoms with E-state index in [0.717, 1.165) is 25.2 Å². The molecule has 2 saturated carbocycles. The molecule has 4 nitrogen and oxygen atoms in total. The normalized spacial score (nSPS) is 28.6. The van der Waals surface area contributed by atoms with E-state index >= 15 is 0 Å². The third kappa shape index (κ3) is 2.77. The van der Waals surface area contributed by atoms with Gasteiger partial charge in [0, 0.05) is 0 Å². The van der Waals surface area contributed by atoms with E-state index in [0.29, 0.717) is 11.5 Å². The van der Waals surface area contributed by atoms with Gasteiger partial charge in [-0.1, -0.05) is 0 Å². The molecule has 0 N–H and O–H groups in total. The minimum absolute atomic E-state index is 0.0179. The van der Waals surface area contributed by atoms with E-state index in [1.807, 2.05) is 0 Å². The van der Waals surface area contributed by atoms with Crippen molar-refractivity contribution in [2.45, 2.75) is 32.1 Å². The van der Waals surface area contributed by atoms with Gasteiger partial charge in [-0.15, -0.1) is 0 Å². The van der Waals surface area contributed by atoms with E-state index in [-0.39, 0.29) is 11.2 Å². The van der Waals surface area contributed by atoms with Gasteiger partial charge in [-0.05, 0) is 67.7 Å². The molecule has 0 unspecified atom stereocenters. The molecule has 0 aliphatic heterocycles. The van der Waals surface area contributed by atoms with Crippen molar-refractivity contribution in [3.8, 4) is 11.5 Å². The Morgan fingerprint density at radius 3 is 2.25 bits per heavy atom. The molecule has 0 amide bonds. The van der Waals surface area contributed by atoms with Crippen molar-refractivity contribution in [3.05, 3.63) is 24.3 Å². The highest BCUT2D eigenvalue weighted by Gasteiger charge is 2.47. The molecule has 0 atom stereocenters. The van der Waals surface area contributed by atoms with E-state index in [1.54, 1.807) is 31.4 Å². The standard InChI is InChI=1S/C15H20O4S/c1-18-13-2-4-14(5-3-13)19-20(16,17)11-15-8-6-12(10-15)7-9-15/h2-5,12H,6-11H2,1H3. The van der Waals surface area contributed by atoms with Gasteiger partial charge in [0.25, 0.3) is 0 Å². The molecule has 0 aromatic heterocycles. The van der Waals surface area contributed by atoms with Crippen LogP contribution in [0.15, 0.2) is 24.3 Å². The van der Waals surface area contributed by atoms with Crippen LogP contribution >= 0.6 is 0 Å². The molecule has 0 radical (unpaired) electrons. The lowest BCUT2D eigenvalue weighted by molar-refractivity contribution is 0.325. The first-order valence-electron chi connectivity index (χ1n) is 7.07. The number of fused-ring (bicyclic) bond motifs is 2. The van der Waals surface area contributed by atoms with Gasteiger partial charge in [0.1, 0.15) is 11.5 Å². The summed E-state index contributed by atoms with van der Waals surface area (Å²) in [4.78, 5) is 0. The van der Waals surface area contributed by atoms with Gasteiger partial charge in [0.2, 0.25) is 0 Å². The van der Waals surface area contributed by atoms with Crippen molar-refractivity contribution in [2.24, 2.45) is 11.3 Å². The highest BCUT2D eigenvalue weighted by molar-refractivity contribution is 7.87. The zero-order chi connectivity index (χ0) is 14.2. The first-order chi connectivity index (χ1) is 9.50. The van der Waals surface area contributed by atoms with Gasteiger partial charge in [-0.3, -0.25) is 0 Å². The molecule has 0 spiro atoms. The molecule has 20 heavy (non-hydrogen) atoms. The molecule has 110 valence electrons. The van der Waals surface area contributed by atoms with Crippen molar-refractivity contribution < 1.29 is 17.3 Å². The van der Waals surface area contributed by atoms with Gasteiger partial charge in [0.15, 0.2) is 0 Å². The summed E-state index contributed by atoms with van der Waals surface area (Å²) >= 11 is 0. The summed E-state index contributed by atoms with van der Waals surface area (Å²) in [5.74, 6) is 1.94. The van der Waals surface area contributed by atoms with E-state index in [1.165, 1.54) is 12.8 Å². The van der Waals surface area contributed by atoms with Crippen LogP contribution in [0.5, 0.6) is 11.5 Å². The number of hydrogen-bond donors (Lipinski definition) is 0. The summed E-state index contributed by atoms with van der Waals surface area (Å²) in [7, 11) is -1.95. The fourth-order valence-electron chi connectivity index (χ4n) is 3.70. The van der Waals surface area contributed by atoms with Crippen LogP contribution in [0.4, 0.5) is 0 Å². The minimum Gasteiger partial charge on any atom is -0.497 e. The second kappa shape index (κ2) is 4.95. The summed E-state index contributed by atoms with van der Waals surface area (Å²) in [5, 5.41) is 0. The Bertz CT molecular complexity index is 568. The molecule has 2 aliphatic rings. The Morgan fingerprint density at radius 2 is 1.75 bits per heavy atom. The van der Waals surface area contributed by atoms with Crippen molar-refractivity contribution in [2.75, 3.05) is 12.9 Å². The Hall–Kier alpha value is -1.23. The Labute approximate surface area is 120 Å². The maximum absolute atomic E-state index is 12.2. The highest BCUT2D eigenvalue weighted by atomic mass is 32.2. The average Bonchev–Trinajstić information content (AvgIpc) is 2.98. The van der Waals surface area contributed by atoms with Crippen LogP contribution in [0.1, 0.15) is 32.1 Å². The number of rotatable bonds is 5. The molecular formula is C15H20O4S. The second-order valence-corrected chi connectivity index (χ2v) is 7.68. The smallest absolute Gasteiger partial charge is 0.309 e. The highest BCUT2D eigenvalue weighted by Crippen LogP contribution is 2.54. The quantitative estimate of drug-likeness (QED) is 0.784. The van der Waals surface area contributed by atoms with Crippen LogP contribution in [0.3, 0.4) is 0 Å². The van der Waals surface area contributed by atoms with Crippen LogP contribution in [0.2, 0.25) is 0 Å². The maximum Gasteiger partial charge on any atom is 0.309 e. The van der Waals surface area contributed by atoms with Crippen molar-refractivity contribution in [3.63, 3.8) is 0 Å². The lowest BCUT2D eigenvalue weighted by atomic mass is 9.87. The largest absolute Gasteiger partial charge is 0.497 e. The van der Waals surface area contributed by atoms with Crippen molar-refractivity contribution >= 4 is 10.1 Å². The van der Waals surface area contributed by atoms with Crippen LogP contribution in [-0.4, -0.2) is 21.3 Å². The average molecular weight is 296 g/mol. The van der Waals surface area contributed by atoms with Gasteiger partial charge in [-0.25, -0.2) is 0 Å². The third-order valence-corrected chi connectivity index (χ3v) is 6.07. The Kier molecular flexibility index (Phi) is 3.40. The monoisotopic (exact) mass is 296 g/mol. The third-order valence-electron chi connectivity index (χ3n) is 4.65. The summed E-state index contributed by atoms with van der Waals surface area (Å²) in [5.41, 5.74) is -0.0179. The SMILES string of the molecule is COc1ccc(OS(=O)(=O)CC23CCC(CC2)C3)cc1. The first kappa shape index (κ1) is 13.7. The van der Waals surface area contributed by atoms with Gasteiger partial charge in [-0.2, -0.15) is 8.42 Å². The Morgan fingerprint density at radius 1 is 1.15 bits per heavy atom. The molecule has 0 heterocycles. The van der Waals surface area contributed by atoms with Crippen LogP contribution in [-0.2, 0) is 10.1 Å². The van der Waals surface area contributed by atoms with Crippen LogP contribution in [0.25, 0.3) is 0 Å². The molecule has 1 aromatic rings. The number of hydrogen-bond acceptors (Lipinski definition) is 4. The molecule has 1 aromatic carbocycles. The lowest BCUT2D eigenvalue weighted by Gasteiger charge is -2.25. The van der Waals surface area contributed by atoms with Gasteiger partial charge >= 0.3 is 10.1 Å². The predicted octanol–water partition coefficient (Wildman–Crippen LogP) is 2.98. The first-order valence-corrected chi connectivity index (χ1v) is 8.64. The molecule has 2 bridgehead atoms. The van der Waals surface area contributed by atoms with Gasteiger partial charge < -0.3 is 8.92 Å². The lowest BCUT2D eigenvalue weighted by Crippen LogP contribution is -2.28. The van der Waals surface area contributed by atoms with E-state index < -0.39 is 10.1 Å². The van der Waals surface area contributed by atoms with E-state index in [4.69, 9.17) is 8.92 Å². The zero-order valence-electron chi connectivity index (χ0n) is 11.7. The molecule has 2 fully saturated rings. The van der Waals surface area contributed by atoms with Crippen molar-refractivity contribution in [1.82, 2.24) is 0 Å². The fourth-order valence-corrected chi connectivity index (χ4v) is 5.32. The topological polar surface area (TPSA) is 52.6 Å². The Balaban J connectivity index is 1.69. The summed E-state index contributed by atoms with van der Waals surface area (Å²) in [6.45, 7) is 0. The fraction of sp³-hybridized carbons (Fsp3) is 0.600. The van der Waals surface area contributed by atoms with Gasteiger partial charge in [0.05, 0.1) is 12.9 Å². The zero-order valence-corrected chi connectivity index (χ0v) is 12.5. The van der Waals surface area contributed by atoms with Crippen LogP contribution in [0, 0.1) is 11.3 Å². The molecule has 2 aliphatic carbocycles. The summed E-state index contributed by atoms with van der Waals surface area (Å²) in [6.07, 6.45) is 5.47. The summed E-state index contributed by atoms with van der Waals surface area (Å²) in [6, 6.07) is 6.65. The number of methoxy groups -OCH3 is 1. The predicted molar refractivity (Wildman–Crippen MR) is 76.4 cm³/mol. The molecule has 3 rings (SSSR count). The van der Waals surface area contributed by atoms with E-state index in [9.17, 15) is 8.42 Å². The number of ether oxygens (including phenoxy) is 1.